The lowest BCUT2D eigenvalue weighted by Gasteiger charge is -2.26. The monoisotopic (exact) mass is 256 g/mol. The molecule has 102 valence electrons. The van der Waals surface area contributed by atoms with E-state index in [2.05, 4.69) is 0 Å². The normalized spacial score (nSPS) is 29.2. The predicted molar refractivity (Wildman–Crippen MR) is 64.3 cm³/mol. The Balaban J connectivity index is 1.95. The molecule has 2 aliphatic heterocycles. The summed E-state index contributed by atoms with van der Waals surface area (Å²) in [6.07, 6.45) is 0.845. The van der Waals surface area contributed by atoms with Gasteiger partial charge in [0.25, 0.3) is 0 Å². The van der Waals surface area contributed by atoms with Crippen molar-refractivity contribution in [3.8, 4) is 0 Å². The highest BCUT2D eigenvalue weighted by atomic mass is 16.5. The van der Waals surface area contributed by atoms with E-state index in [4.69, 9.17) is 9.84 Å². The molecule has 2 amide bonds. The predicted octanol–water partition coefficient (Wildman–Crippen LogP) is 0.481. The average molecular weight is 256 g/mol. The number of hydrogen-bond donors (Lipinski definition) is 1. The van der Waals surface area contributed by atoms with Gasteiger partial charge in [0.1, 0.15) is 0 Å². The number of carbonyl (C=O) groups is 2. The number of rotatable bonds is 1. The molecule has 6 heteroatoms. The summed E-state index contributed by atoms with van der Waals surface area (Å²) in [6.45, 7) is 5.30. The van der Waals surface area contributed by atoms with Gasteiger partial charge in [-0.1, -0.05) is 6.92 Å². The lowest BCUT2D eigenvalue weighted by molar-refractivity contribution is -0.142. The number of hydrogen-bond acceptors (Lipinski definition) is 3. The van der Waals surface area contributed by atoms with Crippen molar-refractivity contribution in [2.75, 3.05) is 39.4 Å². The quantitative estimate of drug-likeness (QED) is 0.741. The molecule has 0 aromatic rings. The molecule has 0 aromatic carbocycles. The number of likely N-dealkylation sites (tertiary alicyclic amines) is 1. The van der Waals surface area contributed by atoms with Crippen LogP contribution in [0.25, 0.3) is 0 Å². The lowest BCUT2D eigenvalue weighted by atomic mass is 9.99. The van der Waals surface area contributed by atoms with Gasteiger partial charge in [0, 0.05) is 32.8 Å². The van der Waals surface area contributed by atoms with Crippen LogP contribution in [0.2, 0.25) is 0 Å². The molecule has 0 bridgehead atoms. The minimum atomic E-state index is -0.808. The van der Waals surface area contributed by atoms with Crippen LogP contribution in [0, 0.1) is 11.8 Å². The lowest BCUT2D eigenvalue weighted by Crippen LogP contribution is -2.43. The van der Waals surface area contributed by atoms with E-state index in [0.29, 0.717) is 39.4 Å². The standard InChI is InChI=1S/C12H20N2O4/c1-9-7-14(8-10(9)11(15)16)12(17)13-3-2-5-18-6-4-13/h9-10H,2-8H2,1H3,(H,15,16). The van der Waals surface area contributed by atoms with Crippen LogP contribution in [0.15, 0.2) is 0 Å². The maximum absolute atomic E-state index is 12.3. The van der Waals surface area contributed by atoms with Crippen molar-refractivity contribution in [2.24, 2.45) is 11.8 Å². The van der Waals surface area contributed by atoms with Gasteiger partial charge in [-0.2, -0.15) is 0 Å². The summed E-state index contributed by atoms with van der Waals surface area (Å²) in [4.78, 5) is 26.7. The third kappa shape index (κ3) is 2.75. The van der Waals surface area contributed by atoms with Gasteiger partial charge in [-0.15, -0.1) is 0 Å². The largest absolute Gasteiger partial charge is 0.481 e. The molecule has 0 saturated carbocycles. The van der Waals surface area contributed by atoms with Crippen LogP contribution in [0.4, 0.5) is 4.79 Å². The number of carboxylic acid groups (broad SMARTS) is 1. The molecule has 0 radical (unpaired) electrons. The van der Waals surface area contributed by atoms with Crippen LogP contribution >= 0.6 is 0 Å². The van der Waals surface area contributed by atoms with E-state index in [1.54, 1.807) is 9.80 Å². The van der Waals surface area contributed by atoms with Crippen molar-refractivity contribution < 1.29 is 19.4 Å². The zero-order valence-electron chi connectivity index (χ0n) is 10.7. The highest BCUT2D eigenvalue weighted by Gasteiger charge is 2.38. The van der Waals surface area contributed by atoms with Gasteiger partial charge in [-0.25, -0.2) is 4.79 Å². The molecule has 2 saturated heterocycles. The second kappa shape index (κ2) is 5.56. The number of amides is 2. The van der Waals surface area contributed by atoms with E-state index in [9.17, 15) is 9.59 Å². The van der Waals surface area contributed by atoms with Crippen LogP contribution in [0.5, 0.6) is 0 Å². The molecule has 2 atom stereocenters. The molecule has 0 spiro atoms. The number of ether oxygens (including phenoxy) is 1. The minimum Gasteiger partial charge on any atom is -0.481 e. The third-order valence-corrected chi connectivity index (χ3v) is 3.69. The molecule has 2 unspecified atom stereocenters. The van der Waals surface area contributed by atoms with E-state index in [0.717, 1.165) is 6.42 Å². The van der Waals surface area contributed by atoms with Gasteiger partial charge in [0.05, 0.1) is 12.5 Å². The van der Waals surface area contributed by atoms with Crippen molar-refractivity contribution in [1.82, 2.24) is 9.80 Å². The van der Waals surface area contributed by atoms with Crippen molar-refractivity contribution in [3.05, 3.63) is 0 Å². The van der Waals surface area contributed by atoms with Gasteiger partial charge in [-0.05, 0) is 12.3 Å². The summed E-state index contributed by atoms with van der Waals surface area (Å²) >= 11 is 0. The summed E-state index contributed by atoms with van der Waals surface area (Å²) in [5.41, 5.74) is 0. The van der Waals surface area contributed by atoms with Crippen LogP contribution in [0.3, 0.4) is 0 Å². The highest BCUT2D eigenvalue weighted by molar-refractivity contribution is 5.77. The first-order valence-electron chi connectivity index (χ1n) is 6.44. The van der Waals surface area contributed by atoms with Crippen LogP contribution in [0.1, 0.15) is 13.3 Å². The van der Waals surface area contributed by atoms with Gasteiger partial charge in [0.2, 0.25) is 0 Å². The van der Waals surface area contributed by atoms with E-state index in [1.807, 2.05) is 6.92 Å². The average Bonchev–Trinajstić information content (AvgIpc) is 2.56. The molecular weight excluding hydrogens is 236 g/mol. The number of aliphatic carboxylic acids is 1. The summed E-state index contributed by atoms with van der Waals surface area (Å²) in [6, 6.07) is -0.0453. The third-order valence-electron chi connectivity index (χ3n) is 3.69. The Hall–Kier alpha value is -1.30. The number of nitrogens with zero attached hydrogens (tertiary/aromatic N) is 2. The summed E-state index contributed by atoms with van der Waals surface area (Å²) < 4.78 is 5.31. The highest BCUT2D eigenvalue weighted by Crippen LogP contribution is 2.24. The van der Waals surface area contributed by atoms with E-state index >= 15 is 0 Å². The fraction of sp³-hybridized carbons (Fsp3) is 0.833. The second-order valence-electron chi connectivity index (χ2n) is 5.06. The van der Waals surface area contributed by atoms with Crippen molar-refractivity contribution in [1.29, 1.82) is 0 Å². The van der Waals surface area contributed by atoms with Crippen molar-refractivity contribution >= 4 is 12.0 Å². The smallest absolute Gasteiger partial charge is 0.320 e. The molecule has 2 fully saturated rings. The summed E-state index contributed by atoms with van der Waals surface area (Å²) in [5, 5.41) is 9.07. The Morgan fingerprint density at radius 1 is 1.17 bits per heavy atom. The van der Waals surface area contributed by atoms with Gasteiger partial charge < -0.3 is 19.6 Å². The second-order valence-corrected chi connectivity index (χ2v) is 5.06. The first-order valence-corrected chi connectivity index (χ1v) is 6.44. The first-order chi connectivity index (χ1) is 8.59. The van der Waals surface area contributed by atoms with E-state index < -0.39 is 11.9 Å². The Morgan fingerprint density at radius 2 is 1.94 bits per heavy atom. The molecule has 18 heavy (non-hydrogen) atoms. The zero-order chi connectivity index (χ0) is 13.1. The fourth-order valence-electron chi connectivity index (χ4n) is 2.58. The minimum absolute atomic E-state index is 0.0229. The molecule has 2 rings (SSSR count). The SMILES string of the molecule is CC1CN(C(=O)N2CCCOCC2)CC1C(=O)O. The molecular formula is C12H20N2O4. The number of carboxylic acids is 1. The van der Waals surface area contributed by atoms with E-state index in [-0.39, 0.29) is 11.9 Å². The first kappa shape index (κ1) is 13.1. The van der Waals surface area contributed by atoms with Gasteiger partial charge >= 0.3 is 12.0 Å². The van der Waals surface area contributed by atoms with Crippen molar-refractivity contribution in [3.63, 3.8) is 0 Å². The zero-order valence-corrected chi connectivity index (χ0v) is 10.7. The molecule has 0 aromatic heterocycles. The molecule has 0 aliphatic carbocycles. The Kier molecular flexibility index (Phi) is 4.06. The Bertz CT molecular complexity index is 326. The molecule has 1 N–H and O–H groups in total. The molecule has 2 heterocycles. The van der Waals surface area contributed by atoms with Gasteiger partial charge in [-0.3, -0.25) is 4.79 Å². The van der Waals surface area contributed by atoms with Crippen LogP contribution < -0.4 is 0 Å². The maximum Gasteiger partial charge on any atom is 0.320 e. The molecule has 6 nitrogen and oxygen atoms in total. The fourth-order valence-corrected chi connectivity index (χ4v) is 2.58. The van der Waals surface area contributed by atoms with Gasteiger partial charge in [0.15, 0.2) is 0 Å². The number of urea groups is 1. The topological polar surface area (TPSA) is 70.1 Å². The van der Waals surface area contributed by atoms with E-state index in [1.165, 1.54) is 0 Å². The Morgan fingerprint density at radius 3 is 2.61 bits per heavy atom. The summed E-state index contributed by atoms with van der Waals surface area (Å²) in [7, 11) is 0. The number of carbonyl (C=O) groups excluding carboxylic acids is 1. The maximum atomic E-state index is 12.3. The Labute approximate surface area is 106 Å². The summed E-state index contributed by atoms with van der Waals surface area (Å²) in [5.74, 6) is -1.22. The van der Waals surface area contributed by atoms with Crippen LogP contribution in [-0.4, -0.2) is 66.3 Å². The van der Waals surface area contributed by atoms with Crippen molar-refractivity contribution in [2.45, 2.75) is 13.3 Å². The molecule has 2 aliphatic rings. The van der Waals surface area contributed by atoms with Crippen LogP contribution in [-0.2, 0) is 9.53 Å².